The minimum Gasteiger partial charge on any atom is -0.493 e. The Hall–Kier alpha value is -1.85. The summed E-state index contributed by atoms with van der Waals surface area (Å²) in [5, 5.41) is 3.99. The van der Waals surface area contributed by atoms with Crippen LogP contribution in [0.4, 0.5) is 8.78 Å². The summed E-state index contributed by atoms with van der Waals surface area (Å²) < 4.78 is 34.4. The molecule has 1 unspecified atom stereocenters. The van der Waals surface area contributed by atoms with Crippen molar-refractivity contribution in [2.24, 2.45) is 0 Å². The number of nitrogens with one attached hydrogen (secondary N) is 1. The van der Waals surface area contributed by atoms with Crippen molar-refractivity contribution < 1.29 is 18.3 Å². The Morgan fingerprint density at radius 1 is 1.13 bits per heavy atom. The molecule has 3 nitrogen and oxygen atoms in total. The quantitative estimate of drug-likeness (QED) is 0.784. The molecule has 0 aliphatic heterocycles. The molecule has 0 aromatic heterocycles. The largest absolute Gasteiger partial charge is 0.493 e. The van der Waals surface area contributed by atoms with Gasteiger partial charge in [0.25, 0.3) is 0 Å². The number of ether oxygens (including phenoxy) is 2. The van der Waals surface area contributed by atoms with E-state index in [4.69, 9.17) is 16.3 Å². The molecule has 0 spiro atoms. The molecule has 0 saturated carbocycles. The van der Waals surface area contributed by atoms with Gasteiger partial charge in [-0.3, -0.25) is 0 Å². The molecule has 0 heterocycles. The molecule has 6 heteroatoms. The van der Waals surface area contributed by atoms with Crippen LogP contribution < -0.4 is 14.8 Å². The third-order valence-electron chi connectivity index (χ3n) is 3.43. The van der Waals surface area contributed by atoms with Gasteiger partial charge in [-0.1, -0.05) is 35.9 Å². The Balaban J connectivity index is 2.07. The summed E-state index contributed by atoms with van der Waals surface area (Å²) in [4.78, 5) is 0. The van der Waals surface area contributed by atoms with E-state index in [2.05, 4.69) is 10.1 Å². The lowest BCUT2D eigenvalue weighted by Gasteiger charge is -2.17. The number of rotatable bonds is 7. The van der Waals surface area contributed by atoms with E-state index in [1.165, 1.54) is 13.2 Å². The fourth-order valence-electron chi connectivity index (χ4n) is 2.23. The van der Waals surface area contributed by atoms with Crippen molar-refractivity contribution in [3.05, 3.63) is 58.6 Å². The van der Waals surface area contributed by atoms with Crippen molar-refractivity contribution in [1.82, 2.24) is 5.32 Å². The van der Waals surface area contributed by atoms with Gasteiger partial charge in [-0.15, -0.1) is 0 Å². The molecule has 2 aromatic rings. The molecule has 0 bridgehead atoms. The van der Waals surface area contributed by atoms with Crippen LogP contribution in [-0.2, 0) is 6.54 Å². The summed E-state index contributed by atoms with van der Waals surface area (Å²) >= 11 is 6.16. The van der Waals surface area contributed by atoms with Gasteiger partial charge in [-0.05, 0) is 36.2 Å². The third-order valence-corrected chi connectivity index (χ3v) is 3.77. The van der Waals surface area contributed by atoms with Gasteiger partial charge >= 0.3 is 6.61 Å². The zero-order valence-electron chi connectivity index (χ0n) is 12.9. The van der Waals surface area contributed by atoms with E-state index in [0.717, 1.165) is 11.1 Å². The van der Waals surface area contributed by atoms with E-state index in [9.17, 15) is 8.78 Å². The average molecular weight is 342 g/mol. The average Bonchev–Trinajstić information content (AvgIpc) is 2.52. The first-order valence-electron chi connectivity index (χ1n) is 7.10. The molecule has 0 amide bonds. The van der Waals surface area contributed by atoms with E-state index in [1.54, 1.807) is 12.1 Å². The van der Waals surface area contributed by atoms with Gasteiger partial charge in [-0.25, -0.2) is 0 Å². The van der Waals surface area contributed by atoms with Crippen molar-refractivity contribution in [2.75, 3.05) is 7.11 Å². The Kier molecular flexibility index (Phi) is 6.19. The smallest absolute Gasteiger partial charge is 0.387 e. The van der Waals surface area contributed by atoms with Crippen molar-refractivity contribution in [3.8, 4) is 11.5 Å². The van der Waals surface area contributed by atoms with Crippen LogP contribution in [-0.4, -0.2) is 13.7 Å². The molecule has 124 valence electrons. The van der Waals surface area contributed by atoms with E-state index in [1.807, 2.05) is 31.2 Å². The van der Waals surface area contributed by atoms with Crippen LogP contribution in [0, 0.1) is 0 Å². The molecule has 2 aromatic carbocycles. The fourth-order valence-corrected chi connectivity index (χ4v) is 2.53. The molecule has 23 heavy (non-hydrogen) atoms. The second-order valence-corrected chi connectivity index (χ2v) is 5.40. The van der Waals surface area contributed by atoms with Crippen LogP contribution in [0.25, 0.3) is 0 Å². The first kappa shape index (κ1) is 17.5. The van der Waals surface area contributed by atoms with Gasteiger partial charge in [-0.2, -0.15) is 8.78 Å². The SMILES string of the molecule is COc1ccc(CNC(C)c2ccccc2Cl)cc1OC(F)F. The summed E-state index contributed by atoms with van der Waals surface area (Å²) in [5.41, 5.74) is 1.78. The first-order valence-corrected chi connectivity index (χ1v) is 7.48. The molecular formula is C17H18ClF2NO2. The highest BCUT2D eigenvalue weighted by Crippen LogP contribution is 2.30. The first-order chi connectivity index (χ1) is 11.0. The van der Waals surface area contributed by atoms with E-state index >= 15 is 0 Å². The number of halogens is 3. The Labute approximate surface area is 139 Å². The Bertz CT molecular complexity index is 652. The van der Waals surface area contributed by atoms with Crippen molar-refractivity contribution in [3.63, 3.8) is 0 Å². The maximum atomic E-state index is 12.4. The highest BCUT2D eigenvalue weighted by molar-refractivity contribution is 6.31. The van der Waals surface area contributed by atoms with Crippen LogP contribution in [0.1, 0.15) is 24.1 Å². The van der Waals surface area contributed by atoms with Crippen molar-refractivity contribution >= 4 is 11.6 Å². The number of alkyl halides is 2. The zero-order chi connectivity index (χ0) is 16.8. The second kappa shape index (κ2) is 8.13. The summed E-state index contributed by atoms with van der Waals surface area (Å²) in [6.45, 7) is -0.425. The van der Waals surface area contributed by atoms with Crippen LogP contribution in [0.15, 0.2) is 42.5 Å². The molecule has 2 rings (SSSR count). The van der Waals surface area contributed by atoms with Gasteiger partial charge in [0.1, 0.15) is 0 Å². The van der Waals surface area contributed by atoms with E-state index < -0.39 is 6.61 Å². The minimum atomic E-state index is -2.89. The number of methoxy groups -OCH3 is 1. The molecule has 0 saturated heterocycles. The van der Waals surface area contributed by atoms with E-state index in [0.29, 0.717) is 11.6 Å². The van der Waals surface area contributed by atoms with Crippen molar-refractivity contribution in [1.29, 1.82) is 0 Å². The van der Waals surface area contributed by atoms with Gasteiger partial charge in [0.15, 0.2) is 11.5 Å². The zero-order valence-corrected chi connectivity index (χ0v) is 13.6. The fraction of sp³-hybridized carbons (Fsp3) is 0.294. The predicted molar refractivity (Wildman–Crippen MR) is 86.3 cm³/mol. The number of hydrogen-bond acceptors (Lipinski definition) is 3. The summed E-state index contributed by atoms with van der Waals surface area (Å²) in [7, 11) is 1.41. The molecule has 0 radical (unpaired) electrons. The van der Waals surface area contributed by atoms with Gasteiger partial charge in [0.05, 0.1) is 7.11 Å². The standard InChI is InChI=1S/C17H18ClF2NO2/c1-11(13-5-3-4-6-14(13)18)21-10-12-7-8-15(22-2)16(9-12)23-17(19)20/h3-9,11,17,21H,10H2,1-2H3. The maximum absolute atomic E-state index is 12.4. The van der Waals surface area contributed by atoms with Crippen LogP contribution in [0.2, 0.25) is 5.02 Å². The highest BCUT2D eigenvalue weighted by Gasteiger charge is 2.12. The predicted octanol–water partition coefficient (Wildman–Crippen LogP) is 4.80. The highest BCUT2D eigenvalue weighted by atomic mass is 35.5. The molecule has 0 aliphatic carbocycles. The lowest BCUT2D eigenvalue weighted by Crippen LogP contribution is -2.18. The molecule has 1 N–H and O–H groups in total. The van der Waals surface area contributed by atoms with Crippen LogP contribution in [0.5, 0.6) is 11.5 Å². The molecule has 1 atom stereocenters. The van der Waals surface area contributed by atoms with Gasteiger partial charge < -0.3 is 14.8 Å². The number of benzene rings is 2. The monoisotopic (exact) mass is 341 g/mol. The minimum absolute atomic E-state index is 0.0188. The Morgan fingerprint density at radius 2 is 1.87 bits per heavy atom. The molecule has 0 fully saturated rings. The van der Waals surface area contributed by atoms with Gasteiger partial charge in [0.2, 0.25) is 0 Å². The van der Waals surface area contributed by atoms with Crippen LogP contribution in [0.3, 0.4) is 0 Å². The normalized spacial score (nSPS) is 12.3. The maximum Gasteiger partial charge on any atom is 0.387 e. The summed E-state index contributed by atoms with van der Waals surface area (Å²) in [6.07, 6.45) is 0. The third kappa shape index (κ3) is 4.81. The lowest BCUT2D eigenvalue weighted by molar-refractivity contribution is -0.0512. The lowest BCUT2D eigenvalue weighted by atomic mass is 10.1. The molecular weight excluding hydrogens is 324 g/mol. The van der Waals surface area contributed by atoms with Gasteiger partial charge in [0, 0.05) is 17.6 Å². The van der Waals surface area contributed by atoms with E-state index in [-0.39, 0.29) is 17.5 Å². The topological polar surface area (TPSA) is 30.5 Å². The van der Waals surface area contributed by atoms with Crippen LogP contribution >= 0.6 is 11.6 Å². The number of hydrogen-bond donors (Lipinski definition) is 1. The Morgan fingerprint density at radius 3 is 2.52 bits per heavy atom. The summed E-state index contributed by atoms with van der Waals surface area (Å²) in [6, 6.07) is 12.5. The second-order valence-electron chi connectivity index (χ2n) is 4.99. The van der Waals surface area contributed by atoms with Crippen molar-refractivity contribution in [2.45, 2.75) is 26.1 Å². The molecule has 0 aliphatic rings. The summed E-state index contributed by atoms with van der Waals surface area (Å²) in [5.74, 6) is 0.292.